The Bertz CT molecular complexity index is 598. The maximum atomic E-state index is 12.5. The molecule has 1 aliphatic carbocycles. The summed E-state index contributed by atoms with van der Waals surface area (Å²) >= 11 is 0. The summed E-state index contributed by atoms with van der Waals surface area (Å²) in [6, 6.07) is 0. The minimum atomic E-state index is -4.41. The van der Waals surface area contributed by atoms with Crippen molar-refractivity contribution in [3.63, 3.8) is 0 Å². The van der Waals surface area contributed by atoms with Gasteiger partial charge in [-0.2, -0.15) is 13.2 Å². The van der Waals surface area contributed by atoms with Gasteiger partial charge in [-0.3, -0.25) is 4.79 Å². The summed E-state index contributed by atoms with van der Waals surface area (Å²) in [7, 11) is 1.16. The molecule has 8 heteroatoms. The fraction of sp³-hybridized carbons (Fsp3) is 0.933. The van der Waals surface area contributed by atoms with Gasteiger partial charge in [-0.1, -0.05) is 0 Å². The molecule has 0 N–H and O–H groups in total. The molecule has 5 nitrogen and oxygen atoms in total. The number of carbonyl (C=O) groups excluding carboxylic acids is 1. The monoisotopic (exact) mass is 341 g/mol. The van der Waals surface area contributed by atoms with E-state index < -0.39 is 54.2 Å². The molecule has 2 aliphatic heterocycles. The SMILES string of the molecule is [2H]C1([2H])C[C@]2(CO2)[C@@H]([C@]2(C)O[C@@H]2CCOCC(F)(F)F)[C@]([2H])(OC)C1=O. The van der Waals surface area contributed by atoms with Crippen molar-refractivity contribution in [2.24, 2.45) is 5.92 Å². The van der Waals surface area contributed by atoms with Crippen molar-refractivity contribution in [1.29, 1.82) is 0 Å². The van der Waals surface area contributed by atoms with Crippen LogP contribution in [0.25, 0.3) is 0 Å². The summed E-state index contributed by atoms with van der Waals surface area (Å²) in [6.07, 6.45) is -9.45. The van der Waals surface area contributed by atoms with E-state index in [1.807, 2.05) is 0 Å². The average molecular weight is 341 g/mol. The number of hydrogen-bond acceptors (Lipinski definition) is 5. The van der Waals surface area contributed by atoms with Gasteiger partial charge in [-0.25, -0.2) is 0 Å². The van der Waals surface area contributed by atoms with Crippen LogP contribution in [0.3, 0.4) is 0 Å². The van der Waals surface area contributed by atoms with Gasteiger partial charge >= 0.3 is 6.18 Å². The van der Waals surface area contributed by atoms with Gasteiger partial charge in [0.2, 0.25) is 0 Å². The number of Topliss-reactive ketones (excluding diaryl/α,β-unsaturated/α-hetero) is 1. The molecular weight excluding hydrogens is 317 g/mol. The predicted molar refractivity (Wildman–Crippen MR) is 72.0 cm³/mol. The summed E-state index contributed by atoms with van der Waals surface area (Å²) in [5, 5.41) is 0. The van der Waals surface area contributed by atoms with Crippen molar-refractivity contribution in [3.05, 3.63) is 0 Å². The van der Waals surface area contributed by atoms with Crippen LogP contribution >= 0.6 is 0 Å². The third kappa shape index (κ3) is 3.26. The molecule has 0 amide bonds. The molecule has 1 spiro atoms. The number of epoxide rings is 2. The highest BCUT2D eigenvalue weighted by Gasteiger charge is 2.71. The zero-order chi connectivity index (χ0) is 19.6. The summed E-state index contributed by atoms with van der Waals surface area (Å²) in [5.74, 6) is -1.89. The topological polar surface area (TPSA) is 60.6 Å². The number of methoxy groups -OCH3 is 1. The first-order chi connectivity index (χ1) is 11.8. The predicted octanol–water partition coefficient (Wildman–Crippen LogP) is 1.88. The molecule has 3 rings (SSSR count). The number of ether oxygens (including phenoxy) is 4. The van der Waals surface area contributed by atoms with Crippen LogP contribution < -0.4 is 0 Å². The quantitative estimate of drug-likeness (QED) is 0.545. The Morgan fingerprint density at radius 1 is 1.52 bits per heavy atom. The minimum Gasteiger partial charge on any atom is -0.373 e. The molecule has 0 bridgehead atoms. The molecule has 0 unspecified atom stereocenters. The average Bonchev–Trinajstić information content (AvgIpc) is 3.40. The lowest BCUT2D eigenvalue weighted by Gasteiger charge is -2.37. The first-order valence-electron chi connectivity index (χ1n) is 8.87. The van der Waals surface area contributed by atoms with Crippen LogP contribution in [0, 0.1) is 5.92 Å². The van der Waals surface area contributed by atoms with E-state index in [0.29, 0.717) is 0 Å². The van der Waals surface area contributed by atoms with Crippen LogP contribution in [-0.4, -0.2) is 62.3 Å². The molecule has 23 heavy (non-hydrogen) atoms. The summed E-state index contributed by atoms with van der Waals surface area (Å²) in [5.41, 5.74) is -2.09. The van der Waals surface area contributed by atoms with E-state index in [1.54, 1.807) is 6.92 Å². The number of halogens is 3. The summed E-state index contributed by atoms with van der Waals surface area (Å²) in [6.45, 7) is 0.274. The molecule has 132 valence electrons. The maximum Gasteiger partial charge on any atom is 0.411 e. The third-order valence-electron chi connectivity index (χ3n) is 4.64. The highest BCUT2D eigenvalue weighted by Crippen LogP contribution is 2.58. The Balaban J connectivity index is 1.72. The normalized spacial score (nSPS) is 50.3. The van der Waals surface area contributed by atoms with Crippen LogP contribution in [0.5, 0.6) is 0 Å². The number of ketones is 1. The van der Waals surface area contributed by atoms with Gasteiger partial charge in [0.15, 0.2) is 5.78 Å². The van der Waals surface area contributed by atoms with Gasteiger partial charge in [0, 0.05) is 22.8 Å². The lowest BCUT2D eigenvalue weighted by Crippen LogP contribution is -2.53. The summed E-state index contributed by atoms with van der Waals surface area (Å²) < 4.78 is 81.6. The first kappa shape index (κ1) is 13.6. The smallest absolute Gasteiger partial charge is 0.373 e. The fourth-order valence-electron chi connectivity index (χ4n) is 3.39. The van der Waals surface area contributed by atoms with Gasteiger partial charge in [0.1, 0.15) is 23.9 Å². The van der Waals surface area contributed by atoms with Crippen molar-refractivity contribution >= 4 is 5.78 Å². The van der Waals surface area contributed by atoms with Gasteiger partial charge in [-0.15, -0.1) is 0 Å². The maximum absolute atomic E-state index is 12.5. The van der Waals surface area contributed by atoms with Crippen LogP contribution in [0.4, 0.5) is 13.2 Å². The Hall–Kier alpha value is -0.700. The minimum absolute atomic E-state index is 0.153. The molecule has 2 saturated heterocycles. The zero-order valence-electron chi connectivity index (χ0n) is 15.9. The van der Waals surface area contributed by atoms with Crippen LogP contribution in [0.2, 0.25) is 0 Å². The zero-order valence-corrected chi connectivity index (χ0v) is 12.9. The molecule has 0 aromatic carbocycles. The Labute approximate surface area is 136 Å². The first-order valence-corrected chi connectivity index (χ1v) is 7.37. The largest absolute Gasteiger partial charge is 0.411 e. The Morgan fingerprint density at radius 3 is 2.78 bits per heavy atom. The van der Waals surface area contributed by atoms with Crippen molar-refractivity contribution in [1.82, 2.24) is 0 Å². The standard InChI is InChI=1S/C15H21F3O5/c1-13(10(23-13)4-6-21-8-15(16,17)18)12-11(20-2)9(19)3-5-14(12)7-22-14/h10-12H,3-8H2,1-2H3/t10-,11-,12-,13-,14+/m1/s1/i3D2,11D. The number of hydrogen-bond donors (Lipinski definition) is 0. The molecule has 0 radical (unpaired) electrons. The van der Waals surface area contributed by atoms with Crippen molar-refractivity contribution in [2.45, 2.75) is 55.7 Å². The van der Waals surface area contributed by atoms with Crippen LogP contribution in [0.1, 0.15) is 30.3 Å². The second kappa shape index (κ2) is 5.68. The van der Waals surface area contributed by atoms with E-state index in [4.69, 9.17) is 18.3 Å². The van der Waals surface area contributed by atoms with E-state index in [-0.39, 0.29) is 26.1 Å². The van der Waals surface area contributed by atoms with Gasteiger partial charge in [-0.05, 0) is 19.8 Å². The van der Waals surface area contributed by atoms with Crippen LogP contribution in [0.15, 0.2) is 0 Å². The second-order valence-electron chi connectivity index (χ2n) is 6.28. The number of carbonyl (C=O) groups is 1. The summed E-state index contributed by atoms with van der Waals surface area (Å²) in [4.78, 5) is 12.5. The molecule has 0 aromatic heterocycles. The van der Waals surface area contributed by atoms with Gasteiger partial charge < -0.3 is 18.9 Å². The molecule has 3 fully saturated rings. The molecule has 3 aliphatic rings. The molecule has 0 aromatic rings. The Morgan fingerprint density at radius 2 is 2.22 bits per heavy atom. The van der Waals surface area contributed by atoms with E-state index in [9.17, 15) is 18.0 Å². The molecular formula is C15H21F3O5. The fourth-order valence-corrected chi connectivity index (χ4v) is 3.39. The van der Waals surface area contributed by atoms with E-state index in [0.717, 1.165) is 7.11 Å². The lowest BCUT2D eigenvalue weighted by molar-refractivity contribution is -0.174. The van der Waals surface area contributed by atoms with Crippen molar-refractivity contribution < 1.29 is 41.0 Å². The van der Waals surface area contributed by atoms with Crippen molar-refractivity contribution in [2.75, 3.05) is 26.9 Å². The lowest BCUT2D eigenvalue weighted by atomic mass is 9.69. The van der Waals surface area contributed by atoms with E-state index in [1.165, 1.54) is 0 Å². The Kier molecular flexibility index (Phi) is 3.35. The number of rotatable bonds is 6. The van der Waals surface area contributed by atoms with E-state index in [2.05, 4.69) is 4.74 Å². The van der Waals surface area contributed by atoms with Gasteiger partial charge in [0.05, 0.1) is 20.0 Å². The number of alkyl halides is 3. The molecule has 1 saturated carbocycles. The third-order valence-corrected chi connectivity index (χ3v) is 4.64. The molecule has 2 heterocycles. The van der Waals surface area contributed by atoms with Crippen LogP contribution in [-0.2, 0) is 23.7 Å². The molecule has 5 atom stereocenters. The highest BCUT2D eigenvalue weighted by molar-refractivity contribution is 5.85. The highest BCUT2D eigenvalue weighted by atomic mass is 19.4. The van der Waals surface area contributed by atoms with E-state index >= 15 is 0 Å². The second-order valence-corrected chi connectivity index (χ2v) is 6.28. The van der Waals surface area contributed by atoms with Gasteiger partial charge in [0.25, 0.3) is 0 Å². The van der Waals surface area contributed by atoms with Crippen molar-refractivity contribution in [3.8, 4) is 0 Å².